The van der Waals surface area contributed by atoms with Gasteiger partial charge in [-0.1, -0.05) is 19.1 Å². The van der Waals surface area contributed by atoms with Crippen LogP contribution in [0, 0.1) is 0 Å². The van der Waals surface area contributed by atoms with Gasteiger partial charge in [-0.3, -0.25) is 4.79 Å². The zero-order chi connectivity index (χ0) is 18.7. The Labute approximate surface area is 154 Å². The van der Waals surface area contributed by atoms with Gasteiger partial charge in [0.2, 0.25) is 0 Å². The Morgan fingerprint density at radius 2 is 1.88 bits per heavy atom. The highest BCUT2D eigenvalue weighted by atomic mass is 32.2. The van der Waals surface area contributed by atoms with Crippen LogP contribution in [0.3, 0.4) is 0 Å². The predicted octanol–water partition coefficient (Wildman–Crippen LogP) is 5.00. The van der Waals surface area contributed by atoms with Crippen molar-refractivity contribution in [2.45, 2.75) is 29.7 Å². The summed E-state index contributed by atoms with van der Waals surface area (Å²) in [5.74, 6) is 0.0178. The zero-order valence-corrected chi connectivity index (χ0v) is 14.9. The molecular formula is C19H18F3NO2S. The molecule has 1 aliphatic heterocycles. The Kier molecular flexibility index (Phi) is 5.46. The molecule has 26 heavy (non-hydrogen) atoms. The van der Waals surface area contributed by atoms with Crippen molar-refractivity contribution in [1.29, 1.82) is 0 Å². The van der Waals surface area contributed by atoms with E-state index in [4.69, 9.17) is 4.74 Å². The number of carbonyl (C=O) groups is 1. The van der Waals surface area contributed by atoms with Crippen molar-refractivity contribution in [1.82, 2.24) is 0 Å². The molecule has 0 saturated carbocycles. The number of carbonyl (C=O) groups excluding carboxylic acids is 1. The Morgan fingerprint density at radius 1 is 1.19 bits per heavy atom. The van der Waals surface area contributed by atoms with E-state index in [1.165, 1.54) is 12.1 Å². The molecule has 0 aromatic heterocycles. The predicted molar refractivity (Wildman–Crippen MR) is 95.7 cm³/mol. The van der Waals surface area contributed by atoms with E-state index in [0.717, 1.165) is 29.1 Å². The number of hydrogen-bond donors (Lipinski definition) is 0. The number of rotatable bonds is 3. The van der Waals surface area contributed by atoms with E-state index in [1.807, 2.05) is 24.3 Å². The van der Waals surface area contributed by atoms with Gasteiger partial charge in [0.15, 0.2) is 6.61 Å². The van der Waals surface area contributed by atoms with E-state index in [2.05, 4.69) is 6.92 Å². The number of alkyl halides is 3. The van der Waals surface area contributed by atoms with Crippen molar-refractivity contribution in [2.75, 3.05) is 18.1 Å². The molecular weight excluding hydrogens is 363 g/mol. The quantitative estimate of drug-likeness (QED) is 0.749. The molecule has 1 aliphatic rings. The highest BCUT2D eigenvalue weighted by Crippen LogP contribution is 2.37. The summed E-state index contributed by atoms with van der Waals surface area (Å²) in [6.45, 7) is 2.48. The van der Waals surface area contributed by atoms with Gasteiger partial charge < -0.3 is 9.64 Å². The van der Waals surface area contributed by atoms with Crippen LogP contribution in [-0.4, -0.2) is 24.3 Å². The molecule has 0 aliphatic carbocycles. The Balaban J connectivity index is 1.68. The molecule has 0 saturated heterocycles. The average Bonchev–Trinajstić information content (AvgIpc) is 2.77. The van der Waals surface area contributed by atoms with Gasteiger partial charge in [0.05, 0.1) is 11.3 Å². The van der Waals surface area contributed by atoms with Gasteiger partial charge in [0.25, 0.3) is 5.91 Å². The van der Waals surface area contributed by atoms with Gasteiger partial charge in [-0.15, -0.1) is 11.8 Å². The van der Waals surface area contributed by atoms with Crippen molar-refractivity contribution in [3.63, 3.8) is 0 Å². The van der Waals surface area contributed by atoms with Crippen molar-refractivity contribution in [2.24, 2.45) is 0 Å². The van der Waals surface area contributed by atoms with E-state index in [1.54, 1.807) is 16.7 Å². The number of halogens is 3. The number of amides is 1. The number of nitrogens with zero attached hydrogens (tertiary/aromatic N) is 1. The highest BCUT2D eigenvalue weighted by Gasteiger charge is 2.30. The molecule has 3 nitrogen and oxygen atoms in total. The number of benzene rings is 2. The van der Waals surface area contributed by atoms with Crippen LogP contribution in [-0.2, 0) is 11.0 Å². The molecule has 0 N–H and O–H groups in total. The van der Waals surface area contributed by atoms with E-state index in [0.29, 0.717) is 11.8 Å². The van der Waals surface area contributed by atoms with E-state index in [9.17, 15) is 18.0 Å². The summed E-state index contributed by atoms with van der Waals surface area (Å²) in [6, 6.07) is 12.0. The topological polar surface area (TPSA) is 29.5 Å². The molecule has 138 valence electrons. The molecule has 0 spiro atoms. The molecule has 1 heterocycles. The minimum Gasteiger partial charge on any atom is -0.484 e. The van der Waals surface area contributed by atoms with Gasteiger partial charge in [-0.2, -0.15) is 13.2 Å². The van der Waals surface area contributed by atoms with Crippen LogP contribution in [0.25, 0.3) is 0 Å². The van der Waals surface area contributed by atoms with Crippen LogP contribution in [0.15, 0.2) is 53.4 Å². The third-order valence-electron chi connectivity index (χ3n) is 4.09. The lowest BCUT2D eigenvalue weighted by molar-refractivity contribution is -0.137. The molecule has 2 aromatic rings. The van der Waals surface area contributed by atoms with Gasteiger partial charge in [0.1, 0.15) is 5.75 Å². The summed E-state index contributed by atoms with van der Waals surface area (Å²) in [4.78, 5) is 15.4. The summed E-state index contributed by atoms with van der Waals surface area (Å²) in [5, 5.41) is 0.393. The maximum absolute atomic E-state index is 12.6. The lowest BCUT2D eigenvalue weighted by Crippen LogP contribution is -2.36. The molecule has 1 amide bonds. The first-order chi connectivity index (χ1) is 12.3. The van der Waals surface area contributed by atoms with E-state index < -0.39 is 11.7 Å². The number of thioether (sulfide) groups is 1. The third kappa shape index (κ3) is 4.33. The van der Waals surface area contributed by atoms with Crippen molar-refractivity contribution < 1.29 is 22.7 Å². The molecule has 7 heteroatoms. The first kappa shape index (κ1) is 18.6. The summed E-state index contributed by atoms with van der Waals surface area (Å²) in [6.07, 6.45) is -3.54. The maximum Gasteiger partial charge on any atom is 0.416 e. The summed E-state index contributed by atoms with van der Waals surface area (Å²) < 4.78 is 43.2. The van der Waals surface area contributed by atoms with Crippen LogP contribution in [0.1, 0.15) is 18.9 Å². The fourth-order valence-electron chi connectivity index (χ4n) is 2.71. The minimum atomic E-state index is -4.39. The summed E-state index contributed by atoms with van der Waals surface area (Å²) >= 11 is 1.73. The molecule has 0 bridgehead atoms. The Morgan fingerprint density at radius 3 is 2.58 bits per heavy atom. The molecule has 3 rings (SSSR count). The first-order valence-corrected chi connectivity index (χ1v) is 9.08. The fourth-order valence-corrected chi connectivity index (χ4v) is 3.82. The Hall–Kier alpha value is -2.15. The van der Waals surface area contributed by atoms with Gasteiger partial charge in [-0.05, 0) is 42.8 Å². The minimum absolute atomic E-state index is 0.216. The normalized spacial score (nSPS) is 17.4. The number of ether oxygens (including phenoxy) is 1. The van der Waals surface area contributed by atoms with Gasteiger partial charge >= 0.3 is 6.18 Å². The van der Waals surface area contributed by atoms with E-state index >= 15 is 0 Å². The smallest absolute Gasteiger partial charge is 0.416 e. The van der Waals surface area contributed by atoms with Crippen LogP contribution in [0.2, 0.25) is 0 Å². The summed E-state index contributed by atoms with van der Waals surface area (Å²) in [5.41, 5.74) is 0.103. The zero-order valence-electron chi connectivity index (χ0n) is 14.1. The lowest BCUT2D eigenvalue weighted by Gasteiger charge is -2.22. The number of para-hydroxylation sites is 1. The average molecular weight is 381 g/mol. The molecule has 0 radical (unpaired) electrons. The molecule has 2 aromatic carbocycles. The monoisotopic (exact) mass is 381 g/mol. The van der Waals surface area contributed by atoms with Gasteiger partial charge in [-0.25, -0.2) is 0 Å². The van der Waals surface area contributed by atoms with Crippen LogP contribution in [0.4, 0.5) is 18.9 Å². The second-order valence-corrected chi connectivity index (χ2v) is 7.52. The third-order valence-corrected chi connectivity index (χ3v) is 5.33. The second kappa shape index (κ2) is 7.61. The van der Waals surface area contributed by atoms with Crippen LogP contribution >= 0.6 is 11.8 Å². The maximum atomic E-state index is 12.6. The molecule has 0 fully saturated rings. The van der Waals surface area contributed by atoms with Gasteiger partial charge in [0, 0.05) is 16.7 Å². The van der Waals surface area contributed by atoms with Crippen molar-refractivity contribution in [3.05, 3.63) is 54.1 Å². The fraction of sp³-hybridized carbons (Fsp3) is 0.316. The molecule has 1 atom stereocenters. The van der Waals surface area contributed by atoms with Crippen molar-refractivity contribution in [3.8, 4) is 5.75 Å². The largest absolute Gasteiger partial charge is 0.484 e. The van der Waals surface area contributed by atoms with Crippen molar-refractivity contribution >= 4 is 23.4 Å². The number of fused-ring (bicyclic) bond motifs is 1. The van der Waals surface area contributed by atoms with Crippen LogP contribution in [0.5, 0.6) is 5.75 Å². The summed E-state index contributed by atoms with van der Waals surface area (Å²) in [7, 11) is 0. The standard InChI is InChI=1S/C19H18F3NO2S/c1-13-10-11-23(16-4-2-3-5-17(16)26-13)18(24)12-25-15-8-6-14(7-9-15)19(20,21)22/h2-9,13H,10-12H2,1H3/t13-/m0/s1. The lowest BCUT2D eigenvalue weighted by atomic mass is 10.2. The van der Waals surface area contributed by atoms with E-state index in [-0.39, 0.29) is 18.3 Å². The second-order valence-electron chi connectivity index (χ2n) is 6.04. The molecule has 0 unspecified atom stereocenters. The van der Waals surface area contributed by atoms with Crippen LogP contribution < -0.4 is 9.64 Å². The number of anilines is 1. The Bertz CT molecular complexity index is 777. The first-order valence-electron chi connectivity index (χ1n) is 8.21. The number of hydrogen-bond acceptors (Lipinski definition) is 3. The SMILES string of the molecule is C[C@H]1CCN(C(=O)COc2ccc(C(F)(F)F)cc2)c2ccccc2S1. The highest BCUT2D eigenvalue weighted by molar-refractivity contribution is 8.00.